The topological polar surface area (TPSA) is 81.6 Å². The smallest absolute Gasteiger partial charge is 0.223 e. The summed E-state index contributed by atoms with van der Waals surface area (Å²) >= 11 is 1.74. The average molecular weight is 470 g/mol. The van der Waals surface area contributed by atoms with E-state index in [1.807, 2.05) is 30.5 Å². The minimum atomic E-state index is 0.457. The number of aromatic nitrogens is 3. The lowest BCUT2D eigenvalue weighted by Gasteiger charge is -2.26. The highest BCUT2D eigenvalue weighted by Crippen LogP contribution is 2.25. The van der Waals surface area contributed by atoms with Crippen molar-refractivity contribution in [3.05, 3.63) is 60.0 Å². The van der Waals surface area contributed by atoms with Crippen molar-refractivity contribution in [1.82, 2.24) is 15.0 Å². The maximum atomic E-state index is 5.61. The fourth-order valence-electron chi connectivity index (χ4n) is 3.21. The van der Waals surface area contributed by atoms with Gasteiger partial charge in [0.25, 0.3) is 0 Å². The van der Waals surface area contributed by atoms with Gasteiger partial charge in [-0.1, -0.05) is 12.1 Å². The Morgan fingerprint density at radius 1 is 0.970 bits per heavy atom. The number of methoxy groups -OCH3 is 2. The lowest BCUT2D eigenvalue weighted by molar-refractivity contribution is 0.341. The Kier molecular flexibility index (Phi) is 9.44. The first kappa shape index (κ1) is 24.4. The Hall–Kier alpha value is -3.20. The minimum absolute atomic E-state index is 0.457. The van der Waals surface area contributed by atoms with Crippen molar-refractivity contribution in [2.24, 2.45) is 0 Å². The van der Waals surface area contributed by atoms with Crippen molar-refractivity contribution in [2.45, 2.75) is 20.0 Å². The van der Waals surface area contributed by atoms with Crippen molar-refractivity contribution in [1.29, 1.82) is 0 Å². The molecule has 0 aliphatic carbocycles. The molecule has 8 nitrogen and oxygen atoms in total. The number of benzene rings is 1. The zero-order valence-corrected chi connectivity index (χ0v) is 20.4. The third-order valence-corrected chi connectivity index (χ3v) is 5.56. The zero-order chi connectivity index (χ0) is 23.5. The van der Waals surface area contributed by atoms with Crippen LogP contribution in [0, 0.1) is 0 Å². The van der Waals surface area contributed by atoms with E-state index in [2.05, 4.69) is 44.2 Å². The second kappa shape index (κ2) is 12.7. The number of ether oxygens (including phenoxy) is 3. The van der Waals surface area contributed by atoms with Crippen molar-refractivity contribution >= 4 is 23.4 Å². The highest BCUT2D eigenvalue weighted by molar-refractivity contribution is 7.98. The Labute approximate surface area is 199 Å². The molecule has 0 fully saturated rings. The van der Waals surface area contributed by atoms with Crippen LogP contribution in [0.3, 0.4) is 0 Å². The van der Waals surface area contributed by atoms with Gasteiger partial charge >= 0.3 is 0 Å². The monoisotopic (exact) mass is 469 g/mol. The predicted molar refractivity (Wildman–Crippen MR) is 134 cm³/mol. The molecule has 0 spiro atoms. The minimum Gasteiger partial charge on any atom is -0.497 e. The van der Waals surface area contributed by atoms with E-state index in [9.17, 15) is 0 Å². The van der Waals surface area contributed by atoms with Gasteiger partial charge in [-0.05, 0) is 36.9 Å². The maximum Gasteiger partial charge on any atom is 0.223 e. The highest BCUT2D eigenvalue weighted by Gasteiger charge is 2.14. The summed E-state index contributed by atoms with van der Waals surface area (Å²) in [4.78, 5) is 15.7. The van der Waals surface area contributed by atoms with Crippen LogP contribution in [0.2, 0.25) is 0 Å². The fraction of sp³-hybridized carbons (Fsp3) is 0.375. The number of hydrogen-bond donors (Lipinski definition) is 1. The Morgan fingerprint density at radius 2 is 1.73 bits per heavy atom. The SMILES string of the molecule is CCN(Cc1ccc(OC)cc1)c1ccc(OC)nc1CNc1ncc(OCCSC)cn1. The number of thioether (sulfide) groups is 1. The van der Waals surface area contributed by atoms with Gasteiger partial charge in [0, 0.05) is 24.9 Å². The molecule has 0 bridgehead atoms. The molecule has 2 aromatic heterocycles. The van der Waals surface area contributed by atoms with Crippen LogP contribution in [-0.2, 0) is 13.1 Å². The summed E-state index contributed by atoms with van der Waals surface area (Å²) in [5.74, 6) is 3.51. The van der Waals surface area contributed by atoms with E-state index in [0.717, 1.165) is 36.0 Å². The first-order valence-corrected chi connectivity index (χ1v) is 12.2. The van der Waals surface area contributed by atoms with Crippen LogP contribution >= 0.6 is 11.8 Å². The van der Waals surface area contributed by atoms with E-state index >= 15 is 0 Å². The van der Waals surface area contributed by atoms with E-state index in [1.165, 1.54) is 5.56 Å². The van der Waals surface area contributed by atoms with Gasteiger partial charge < -0.3 is 24.4 Å². The number of anilines is 2. The maximum absolute atomic E-state index is 5.61. The average Bonchev–Trinajstić information content (AvgIpc) is 2.87. The molecule has 0 aliphatic heterocycles. The lowest BCUT2D eigenvalue weighted by atomic mass is 10.1. The largest absolute Gasteiger partial charge is 0.497 e. The number of hydrogen-bond acceptors (Lipinski definition) is 9. The van der Waals surface area contributed by atoms with Crippen molar-refractivity contribution in [3.8, 4) is 17.4 Å². The molecule has 0 saturated carbocycles. The molecular formula is C24H31N5O3S. The summed E-state index contributed by atoms with van der Waals surface area (Å²) < 4.78 is 16.2. The van der Waals surface area contributed by atoms with Crippen LogP contribution in [0.25, 0.3) is 0 Å². The van der Waals surface area contributed by atoms with Gasteiger partial charge in [0.15, 0.2) is 5.75 Å². The van der Waals surface area contributed by atoms with Crippen LogP contribution in [0.15, 0.2) is 48.8 Å². The van der Waals surface area contributed by atoms with Gasteiger partial charge in [-0.3, -0.25) is 0 Å². The molecule has 33 heavy (non-hydrogen) atoms. The molecule has 0 saturated heterocycles. The summed E-state index contributed by atoms with van der Waals surface area (Å²) in [6.45, 7) is 4.79. The molecule has 1 N–H and O–H groups in total. The summed E-state index contributed by atoms with van der Waals surface area (Å²) in [6.07, 6.45) is 5.40. The number of nitrogens with zero attached hydrogens (tertiary/aromatic N) is 4. The van der Waals surface area contributed by atoms with Gasteiger partial charge in [0.1, 0.15) is 5.75 Å². The van der Waals surface area contributed by atoms with E-state index in [4.69, 9.17) is 14.2 Å². The molecule has 9 heteroatoms. The molecule has 0 aliphatic rings. The van der Waals surface area contributed by atoms with Gasteiger partial charge in [0.2, 0.25) is 11.8 Å². The summed E-state index contributed by atoms with van der Waals surface area (Å²) in [6, 6.07) is 12.0. The first-order valence-electron chi connectivity index (χ1n) is 10.8. The fourth-order valence-corrected chi connectivity index (χ4v) is 3.46. The Balaban J connectivity index is 1.72. The predicted octanol–water partition coefficient (Wildman–Crippen LogP) is 4.27. The third kappa shape index (κ3) is 7.15. The first-order chi connectivity index (χ1) is 16.2. The number of pyridine rings is 1. The molecule has 3 rings (SSSR count). The summed E-state index contributed by atoms with van der Waals surface area (Å²) in [7, 11) is 3.29. The molecule has 1 aromatic carbocycles. The summed E-state index contributed by atoms with van der Waals surface area (Å²) in [5, 5.41) is 3.26. The highest BCUT2D eigenvalue weighted by atomic mass is 32.2. The van der Waals surface area contributed by atoms with Crippen molar-refractivity contribution in [3.63, 3.8) is 0 Å². The molecule has 0 unspecified atom stereocenters. The van der Waals surface area contributed by atoms with Crippen LogP contribution in [-0.4, -0.2) is 54.3 Å². The van der Waals surface area contributed by atoms with E-state index in [0.29, 0.717) is 30.7 Å². The standard InChI is InChI=1S/C24H31N5O3S/c1-5-29(17-18-6-8-19(30-2)9-7-18)22-10-11-23(31-3)28-21(22)16-27-24-25-14-20(15-26-24)32-12-13-33-4/h6-11,14-15H,5,12-13,16-17H2,1-4H3,(H,25,26,27). The molecule has 2 heterocycles. The normalized spacial score (nSPS) is 10.5. The molecule has 0 atom stereocenters. The molecule has 3 aromatic rings. The number of rotatable bonds is 13. The van der Waals surface area contributed by atoms with Crippen LogP contribution < -0.4 is 24.4 Å². The zero-order valence-electron chi connectivity index (χ0n) is 19.6. The molecular weight excluding hydrogens is 438 g/mol. The molecule has 0 amide bonds. The van der Waals surface area contributed by atoms with Gasteiger partial charge in [0.05, 0.1) is 51.1 Å². The van der Waals surface area contributed by atoms with Gasteiger partial charge in [-0.25, -0.2) is 15.0 Å². The van der Waals surface area contributed by atoms with E-state index in [-0.39, 0.29) is 0 Å². The van der Waals surface area contributed by atoms with Crippen LogP contribution in [0.5, 0.6) is 17.4 Å². The van der Waals surface area contributed by atoms with Gasteiger partial charge in [-0.2, -0.15) is 11.8 Å². The number of nitrogens with one attached hydrogen (secondary N) is 1. The second-order valence-electron chi connectivity index (χ2n) is 7.12. The third-order valence-electron chi connectivity index (χ3n) is 4.99. The molecule has 0 radical (unpaired) electrons. The second-order valence-corrected chi connectivity index (χ2v) is 8.10. The van der Waals surface area contributed by atoms with E-state index < -0.39 is 0 Å². The van der Waals surface area contributed by atoms with Crippen molar-refractivity contribution < 1.29 is 14.2 Å². The Bertz CT molecular complexity index is 986. The quantitative estimate of drug-likeness (QED) is 0.369. The van der Waals surface area contributed by atoms with Crippen LogP contribution in [0.1, 0.15) is 18.2 Å². The summed E-state index contributed by atoms with van der Waals surface area (Å²) in [5.41, 5.74) is 3.07. The molecule has 176 valence electrons. The van der Waals surface area contributed by atoms with E-state index in [1.54, 1.807) is 38.4 Å². The Morgan fingerprint density at radius 3 is 2.36 bits per heavy atom. The van der Waals surface area contributed by atoms with Crippen molar-refractivity contribution in [2.75, 3.05) is 49.6 Å². The van der Waals surface area contributed by atoms with Crippen LogP contribution in [0.4, 0.5) is 11.6 Å². The lowest BCUT2D eigenvalue weighted by Crippen LogP contribution is -2.24. The van der Waals surface area contributed by atoms with Gasteiger partial charge in [-0.15, -0.1) is 0 Å².